The summed E-state index contributed by atoms with van der Waals surface area (Å²) in [6, 6.07) is 7.84. The van der Waals surface area contributed by atoms with Crippen molar-refractivity contribution in [3.63, 3.8) is 0 Å². The van der Waals surface area contributed by atoms with Gasteiger partial charge in [-0.3, -0.25) is 13.9 Å². The minimum Gasteiger partial charge on any atom is -0.497 e. The van der Waals surface area contributed by atoms with E-state index in [9.17, 15) is 9.59 Å². The van der Waals surface area contributed by atoms with Crippen LogP contribution in [0.25, 0.3) is 11.2 Å². The summed E-state index contributed by atoms with van der Waals surface area (Å²) in [6.45, 7) is 6.81. The topological polar surface area (TPSA) is 77.5 Å². The van der Waals surface area contributed by atoms with Crippen LogP contribution in [0.2, 0.25) is 0 Å². The minimum absolute atomic E-state index is 0.247. The zero-order chi connectivity index (χ0) is 23.1. The number of likely N-dealkylation sites (tertiary alicyclic amines) is 1. The van der Waals surface area contributed by atoms with Crippen LogP contribution >= 0.6 is 0 Å². The van der Waals surface area contributed by atoms with E-state index < -0.39 is 0 Å². The number of imidazole rings is 1. The van der Waals surface area contributed by atoms with E-state index in [1.807, 2.05) is 28.8 Å². The van der Waals surface area contributed by atoms with Gasteiger partial charge in [0.15, 0.2) is 11.2 Å². The van der Waals surface area contributed by atoms with Gasteiger partial charge in [-0.05, 0) is 44.0 Å². The van der Waals surface area contributed by atoms with Crippen LogP contribution in [0.3, 0.4) is 0 Å². The number of piperidine rings is 1. The Balaban J connectivity index is 1.60. The zero-order valence-corrected chi connectivity index (χ0v) is 19.7. The third kappa shape index (κ3) is 3.84. The van der Waals surface area contributed by atoms with Crippen molar-refractivity contribution in [3.8, 4) is 5.75 Å². The molecule has 0 radical (unpaired) electrons. The molecule has 0 saturated carbocycles. The van der Waals surface area contributed by atoms with Gasteiger partial charge in [0.25, 0.3) is 5.56 Å². The van der Waals surface area contributed by atoms with Crippen LogP contribution in [0.15, 0.2) is 33.9 Å². The molecule has 33 heavy (non-hydrogen) atoms. The number of nitrogens with zero attached hydrogens (tertiary/aromatic N) is 6. The molecule has 0 spiro atoms. The fraction of sp³-hybridized carbons (Fsp3) is 0.542. The molecule has 1 saturated heterocycles. The van der Waals surface area contributed by atoms with Crippen molar-refractivity contribution in [3.05, 3.63) is 45.1 Å². The zero-order valence-electron chi connectivity index (χ0n) is 19.7. The number of hydrogen-bond donors (Lipinski definition) is 0. The largest absolute Gasteiger partial charge is 0.497 e. The second kappa shape index (κ2) is 8.70. The van der Waals surface area contributed by atoms with Crippen LogP contribution in [0.1, 0.15) is 26.2 Å². The van der Waals surface area contributed by atoms with Crippen LogP contribution < -0.4 is 20.9 Å². The molecule has 2 aromatic heterocycles. The van der Waals surface area contributed by atoms with Crippen molar-refractivity contribution in [2.75, 3.05) is 38.2 Å². The number of aryl methyl sites for hydroxylation is 1. The monoisotopic (exact) mass is 452 g/mol. The average molecular weight is 453 g/mol. The average Bonchev–Trinajstić information content (AvgIpc) is 3.22. The lowest BCUT2D eigenvalue weighted by Gasteiger charge is -2.33. The molecule has 1 unspecified atom stereocenters. The molecule has 9 heteroatoms. The fourth-order valence-electron chi connectivity index (χ4n) is 5.12. The normalized spacial score (nSPS) is 19.1. The van der Waals surface area contributed by atoms with Crippen LogP contribution in [0.4, 0.5) is 11.6 Å². The summed E-state index contributed by atoms with van der Waals surface area (Å²) in [6.07, 6.45) is 3.62. The van der Waals surface area contributed by atoms with E-state index in [0.29, 0.717) is 42.7 Å². The Morgan fingerprint density at radius 1 is 1.09 bits per heavy atom. The van der Waals surface area contributed by atoms with Crippen molar-refractivity contribution >= 4 is 22.8 Å². The third-order valence-electron chi connectivity index (χ3n) is 6.90. The molecule has 1 fully saturated rings. The molecule has 5 rings (SSSR count). The van der Waals surface area contributed by atoms with E-state index in [0.717, 1.165) is 31.1 Å². The van der Waals surface area contributed by atoms with E-state index in [4.69, 9.17) is 9.72 Å². The van der Waals surface area contributed by atoms with Crippen molar-refractivity contribution in [2.45, 2.75) is 39.3 Å². The highest BCUT2D eigenvalue weighted by Gasteiger charge is 2.30. The van der Waals surface area contributed by atoms with Crippen LogP contribution in [-0.2, 0) is 20.1 Å². The van der Waals surface area contributed by atoms with Gasteiger partial charge < -0.3 is 19.1 Å². The van der Waals surface area contributed by atoms with Gasteiger partial charge in [-0.2, -0.15) is 4.98 Å². The van der Waals surface area contributed by atoms with E-state index in [-0.39, 0.29) is 11.2 Å². The van der Waals surface area contributed by atoms with E-state index in [2.05, 4.69) is 16.7 Å². The molecule has 9 nitrogen and oxygen atoms in total. The Kier molecular flexibility index (Phi) is 5.74. The molecule has 2 aliphatic rings. The fourth-order valence-corrected chi connectivity index (χ4v) is 5.12. The molecule has 0 amide bonds. The maximum Gasteiger partial charge on any atom is 0.332 e. The molecule has 0 bridgehead atoms. The summed E-state index contributed by atoms with van der Waals surface area (Å²) in [5.41, 5.74) is 1.35. The molecule has 3 aromatic rings. The van der Waals surface area contributed by atoms with Gasteiger partial charge in [-0.1, -0.05) is 19.4 Å². The Hall–Kier alpha value is -3.07. The van der Waals surface area contributed by atoms with Crippen LogP contribution in [-0.4, -0.2) is 56.9 Å². The summed E-state index contributed by atoms with van der Waals surface area (Å²) in [4.78, 5) is 36.0. The highest BCUT2D eigenvalue weighted by Crippen LogP contribution is 2.34. The summed E-state index contributed by atoms with van der Waals surface area (Å²) in [7, 11) is 3.36. The lowest BCUT2D eigenvalue weighted by molar-refractivity contribution is 0.218. The van der Waals surface area contributed by atoms with Crippen molar-refractivity contribution in [1.29, 1.82) is 0 Å². The predicted octanol–water partition coefficient (Wildman–Crippen LogP) is 2.18. The number of anilines is 2. The molecule has 1 aromatic carbocycles. The minimum atomic E-state index is -0.305. The molecule has 0 N–H and O–H groups in total. The van der Waals surface area contributed by atoms with Gasteiger partial charge in [0.2, 0.25) is 5.95 Å². The summed E-state index contributed by atoms with van der Waals surface area (Å²) in [5, 5.41) is 0. The highest BCUT2D eigenvalue weighted by molar-refractivity contribution is 5.77. The third-order valence-corrected chi connectivity index (χ3v) is 6.90. The quantitative estimate of drug-likeness (QED) is 0.591. The number of methoxy groups -OCH3 is 1. The summed E-state index contributed by atoms with van der Waals surface area (Å²) < 4.78 is 10.3. The lowest BCUT2D eigenvalue weighted by atomic mass is 10.1. The smallest absolute Gasteiger partial charge is 0.332 e. The van der Waals surface area contributed by atoms with E-state index in [1.165, 1.54) is 28.4 Å². The molecule has 0 aliphatic carbocycles. The standard InChI is InChI=1S/C24H32N6O3/c1-17-15-29(18-8-7-9-19(14-18)33-3)23-25-21-20(30(23)16-17)22(31)28(24(32)26(21)2)13-12-27-10-5-4-6-11-27/h7-9,14,17H,4-6,10-13,15-16H2,1-3H3. The number of ether oxygens (including phenoxy) is 1. The van der Waals surface area contributed by atoms with Gasteiger partial charge in [-0.15, -0.1) is 0 Å². The first-order valence-electron chi connectivity index (χ1n) is 11.8. The molecular weight excluding hydrogens is 420 g/mol. The Morgan fingerprint density at radius 3 is 2.64 bits per heavy atom. The van der Waals surface area contributed by atoms with E-state index in [1.54, 1.807) is 14.2 Å². The van der Waals surface area contributed by atoms with Gasteiger partial charge in [0.05, 0.1) is 7.11 Å². The van der Waals surface area contributed by atoms with Crippen molar-refractivity contribution in [2.24, 2.45) is 13.0 Å². The second-order valence-electron chi connectivity index (χ2n) is 9.31. The van der Waals surface area contributed by atoms with Crippen molar-refractivity contribution < 1.29 is 4.74 Å². The Morgan fingerprint density at radius 2 is 1.88 bits per heavy atom. The number of fused-ring (bicyclic) bond motifs is 3. The van der Waals surface area contributed by atoms with Crippen LogP contribution in [0, 0.1) is 5.92 Å². The SMILES string of the molecule is COc1cccc(N2CC(C)Cn3c2nc2c3c(=O)n(CCN3CCCCC3)c(=O)n2C)c1. The maximum atomic E-state index is 13.6. The number of benzene rings is 1. The molecule has 176 valence electrons. The van der Waals surface area contributed by atoms with Gasteiger partial charge in [0, 0.05) is 45.0 Å². The number of hydrogen-bond acceptors (Lipinski definition) is 6. The van der Waals surface area contributed by atoms with Gasteiger partial charge >= 0.3 is 5.69 Å². The Bertz CT molecular complexity index is 1280. The van der Waals surface area contributed by atoms with Gasteiger partial charge in [-0.25, -0.2) is 4.79 Å². The first kappa shape index (κ1) is 21.8. The van der Waals surface area contributed by atoms with Crippen LogP contribution in [0.5, 0.6) is 5.75 Å². The number of aromatic nitrogens is 4. The lowest BCUT2D eigenvalue weighted by Crippen LogP contribution is -2.43. The number of rotatable bonds is 5. The molecule has 1 atom stereocenters. The Labute approximate surface area is 192 Å². The van der Waals surface area contributed by atoms with Crippen molar-refractivity contribution in [1.82, 2.24) is 23.6 Å². The van der Waals surface area contributed by atoms with E-state index >= 15 is 0 Å². The second-order valence-corrected chi connectivity index (χ2v) is 9.31. The predicted molar refractivity (Wildman–Crippen MR) is 129 cm³/mol. The molecular formula is C24H32N6O3. The molecule has 2 aliphatic heterocycles. The first-order chi connectivity index (χ1) is 16.0. The summed E-state index contributed by atoms with van der Waals surface area (Å²) >= 11 is 0. The highest BCUT2D eigenvalue weighted by atomic mass is 16.5. The summed E-state index contributed by atoms with van der Waals surface area (Å²) in [5.74, 6) is 1.76. The molecule has 4 heterocycles. The first-order valence-corrected chi connectivity index (χ1v) is 11.8. The maximum absolute atomic E-state index is 13.6. The van der Waals surface area contributed by atoms with Gasteiger partial charge in [0.1, 0.15) is 5.75 Å².